The Morgan fingerprint density at radius 3 is 2.95 bits per heavy atom. The third-order valence-corrected chi connectivity index (χ3v) is 3.90. The molecule has 1 aromatic heterocycles. The maximum atomic E-state index is 6.03. The zero-order valence-electron chi connectivity index (χ0n) is 13.6. The van der Waals surface area contributed by atoms with Gasteiger partial charge in [0.25, 0.3) is 0 Å². The van der Waals surface area contributed by atoms with Crippen LogP contribution in [0.3, 0.4) is 0 Å². The molecule has 2 rings (SSSR count). The third kappa shape index (κ3) is 5.05. The van der Waals surface area contributed by atoms with E-state index in [-0.39, 0.29) is 6.10 Å². The minimum Gasteiger partial charge on any atom is -0.374 e. The monoisotopic (exact) mass is 295 g/mol. The molecule has 0 bridgehead atoms. The lowest BCUT2D eigenvalue weighted by Crippen LogP contribution is -2.53. The van der Waals surface area contributed by atoms with Crippen molar-refractivity contribution in [1.29, 1.82) is 0 Å². The van der Waals surface area contributed by atoms with Crippen LogP contribution in [0.5, 0.6) is 0 Å². The summed E-state index contributed by atoms with van der Waals surface area (Å²) in [5.41, 5.74) is 1.03. The van der Waals surface area contributed by atoms with E-state index in [1.165, 1.54) is 6.42 Å². The summed E-state index contributed by atoms with van der Waals surface area (Å²) in [6, 6.07) is 0.307. The van der Waals surface area contributed by atoms with Crippen molar-refractivity contribution in [3.8, 4) is 0 Å². The van der Waals surface area contributed by atoms with Gasteiger partial charge in [-0.05, 0) is 25.9 Å². The van der Waals surface area contributed by atoms with E-state index in [2.05, 4.69) is 34.4 Å². The van der Waals surface area contributed by atoms with Crippen molar-refractivity contribution in [1.82, 2.24) is 25.2 Å². The second kappa shape index (κ2) is 8.46. The predicted octanol–water partition coefficient (Wildman–Crippen LogP) is 0.837. The highest BCUT2D eigenvalue weighted by atomic mass is 16.5. The van der Waals surface area contributed by atoms with Gasteiger partial charge in [-0.2, -0.15) is 0 Å². The van der Waals surface area contributed by atoms with E-state index >= 15 is 0 Å². The van der Waals surface area contributed by atoms with Gasteiger partial charge in [0.15, 0.2) is 0 Å². The van der Waals surface area contributed by atoms with Crippen LogP contribution in [0.25, 0.3) is 0 Å². The van der Waals surface area contributed by atoms with E-state index in [1.54, 1.807) is 4.68 Å². The highest BCUT2D eigenvalue weighted by molar-refractivity contribution is 4.99. The molecule has 2 heterocycles. The number of aromatic nitrogens is 3. The fourth-order valence-electron chi connectivity index (χ4n) is 2.87. The Hall–Kier alpha value is -0.980. The number of nitrogens with zero attached hydrogens (tertiary/aromatic N) is 4. The number of ether oxygens (including phenoxy) is 1. The topological polar surface area (TPSA) is 55.2 Å². The molecular weight excluding hydrogens is 266 g/mol. The van der Waals surface area contributed by atoms with Gasteiger partial charge in [-0.1, -0.05) is 19.1 Å². The summed E-state index contributed by atoms with van der Waals surface area (Å²) in [4.78, 5) is 2.51. The van der Waals surface area contributed by atoms with Gasteiger partial charge in [0.05, 0.1) is 18.4 Å². The van der Waals surface area contributed by atoms with Gasteiger partial charge in [0.2, 0.25) is 0 Å². The molecule has 0 saturated carbocycles. The molecule has 0 aliphatic carbocycles. The second-order valence-corrected chi connectivity index (χ2v) is 5.86. The molecule has 1 aromatic rings. The summed E-state index contributed by atoms with van der Waals surface area (Å²) in [6.45, 7) is 9.49. The average Bonchev–Trinajstić information content (AvgIpc) is 2.89. The molecule has 120 valence electrons. The van der Waals surface area contributed by atoms with E-state index < -0.39 is 0 Å². The number of nitrogens with one attached hydrogen (secondary N) is 1. The first-order chi connectivity index (χ1) is 10.2. The molecule has 6 heteroatoms. The van der Waals surface area contributed by atoms with Crippen LogP contribution in [-0.2, 0) is 18.2 Å². The Morgan fingerprint density at radius 1 is 1.43 bits per heavy atom. The number of hydrogen-bond donors (Lipinski definition) is 1. The van der Waals surface area contributed by atoms with Gasteiger partial charge in [0.1, 0.15) is 0 Å². The maximum Gasteiger partial charge on any atom is 0.0859 e. The standard InChI is InChI=1S/C15H29N5O/c1-4-6-16-14(10-13-11-19(3)18-17-13)15-12-20(7-5-2)8-9-21-15/h11,14-16H,4-10,12H2,1-3H3. The minimum absolute atomic E-state index is 0.235. The molecule has 1 fully saturated rings. The fourth-order valence-corrected chi connectivity index (χ4v) is 2.87. The first-order valence-corrected chi connectivity index (χ1v) is 8.15. The van der Waals surface area contributed by atoms with Gasteiger partial charge in [-0.15, -0.1) is 5.10 Å². The first-order valence-electron chi connectivity index (χ1n) is 8.15. The summed E-state index contributed by atoms with van der Waals surface area (Å²) in [5, 5.41) is 11.9. The minimum atomic E-state index is 0.235. The summed E-state index contributed by atoms with van der Waals surface area (Å²) in [7, 11) is 1.91. The Morgan fingerprint density at radius 2 is 2.29 bits per heavy atom. The number of morpholine rings is 1. The van der Waals surface area contributed by atoms with Crippen LogP contribution in [0.4, 0.5) is 0 Å². The first kappa shape index (κ1) is 16.4. The highest BCUT2D eigenvalue weighted by Crippen LogP contribution is 2.13. The van der Waals surface area contributed by atoms with E-state index in [0.29, 0.717) is 6.04 Å². The summed E-state index contributed by atoms with van der Waals surface area (Å²) >= 11 is 0. The van der Waals surface area contributed by atoms with Crippen molar-refractivity contribution in [2.45, 2.75) is 45.3 Å². The number of rotatable bonds is 8. The quantitative estimate of drug-likeness (QED) is 0.770. The van der Waals surface area contributed by atoms with Crippen molar-refractivity contribution in [2.75, 3.05) is 32.8 Å². The molecule has 6 nitrogen and oxygen atoms in total. The van der Waals surface area contributed by atoms with Gasteiger partial charge in [-0.3, -0.25) is 9.58 Å². The van der Waals surface area contributed by atoms with E-state index in [4.69, 9.17) is 4.74 Å². The molecule has 2 unspecified atom stereocenters. The largest absolute Gasteiger partial charge is 0.374 e. The van der Waals surface area contributed by atoms with Crippen molar-refractivity contribution in [2.24, 2.45) is 7.05 Å². The van der Waals surface area contributed by atoms with Crippen molar-refractivity contribution in [3.05, 3.63) is 11.9 Å². The molecule has 1 saturated heterocycles. The molecule has 1 N–H and O–H groups in total. The smallest absolute Gasteiger partial charge is 0.0859 e. The van der Waals surface area contributed by atoms with E-state index in [1.807, 2.05) is 13.2 Å². The van der Waals surface area contributed by atoms with Gasteiger partial charge in [0, 0.05) is 38.8 Å². The number of hydrogen-bond acceptors (Lipinski definition) is 5. The normalized spacial score (nSPS) is 21.6. The fraction of sp³-hybridized carbons (Fsp3) is 0.867. The second-order valence-electron chi connectivity index (χ2n) is 5.86. The van der Waals surface area contributed by atoms with Gasteiger partial charge >= 0.3 is 0 Å². The molecule has 2 atom stereocenters. The Labute approximate surface area is 127 Å². The molecule has 0 spiro atoms. The highest BCUT2D eigenvalue weighted by Gasteiger charge is 2.28. The summed E-state index contributed by atoms with van der Waals surface area (Å²) < 4.78 is 7.79. The van der Waals surface area contributed by atoms with Crippen LogP contribution >= 0.6 is 0 Å². The van der Waals surface area contributed by atoms with E-state index in [0.717, 1.165) is 51.3 Å². The predicted molar refractivity (Wildman–Crippen MR) is 83.3 cm³/mol. The van der Waals surface area contributed by atoms with Crippen LogP contribution in [0.2, 0.25) is 0 Å². The van der Waals surface area contributed by atoms with Crippen LogP contribution in [0.1, 0.15) is 32.4 Å². The van der Waals surface area contributed by atoms with Gasteiger partial charge < -0.3 is 10.1 Å². The molecule has 0 amide bonds. The van der Waals surface area contributed by atoms with Crippen molar-refractivity contribution < 1.29 is 4.74 Å². The van der Waals surface area contributed by atoms with Crippen LogP contribution in [-0.4, -0.2) is 64.8 Å². The van der Waals surface area contributed by atoms with Crippen LogP contribution in [0.15, 0.2) is 6.20 Å². The molecule has 21 heavy (non-hydrogen) atoms. The zero-order valence-corrected chi connectivity index (χ0v) is 13.6. The zero-order chi connectivity index (χ0) is 15.1. The van der Waals surface area contributed by atoms with E-state index in [9.17, 15) is 0 Å². The lowest BCUT2D eigenvalue weighted by Gasteiger charge is -2.37. The average molecular weight is 295 g/mol. The number of aryl methyl sites for hydroxylation is 1. The van der Waals surface area contributed by atoms with Crippen molar-refractivity contribution in [3.63, 3.8) is 0 Å². The molecule has 0 radical (unpaired) electrons. The SMILES string of the molecule is CCCNC(Cc1cn(C)nn1)C1CN(CCC)CCO1. The molecule has 1 aliphatic rings. The third-order valence-electron chi connectivity index (χ3n) is 3.90. The molecule has 1 aliphatic heterocycles. The Bertz CT molecular complexity index is 407. The summed E-state index contributed by atoms with van der Waals surface area (Å²) in [6.07, 6.45) is 5.43. The Kier molecular flexibility index (Phi) is 6.60. The maximum absolute atomic E-state index is 6.03. The lowest BCUT2D eigenvalue weighted by atomic mass is 10.0. The molecular formula is C15H29N5O. The lowest BCUT2D eigenvalue weighted by molar-refractivity contribution is -0.0463. The van der Waals surface area contributed by atoms with Gasteiger partial charge in [-0.25, -0.2) is 0 Å². The van der Waals surface area contributed by atoms with Crippen molar-refractivity contribution >= 4 is 0 Å². The Balaban J connectivity index is 1.96. The summed E-state index contributed by atoms with van der Waals surface area (Å²) in [5.74, 6) is 0. The molecule has 0 aromatic carbocycles. The van der Waals surface area contributed by atoms with Crippen LogP contribution < -0.4 is 5.32 Å². The van der Waals surface area contributed by atoms with Crippen LogP contribution in [0, 0.1) is 0 Å².